The molecule has 3 rings (SSSR count). The highest BCUT2D eigenvalue weighted by atomic mass is 79.9. The number of likely N-dealkylation sites (tertiary alicyclic amines) is 1. The zero-order valence-electron chi connectivity index (χ0n) is 13.0. The predicted octanol–water partition coefficient (Wildman–Crippen LogP) is 4.02. The lowest BCUT2D eigenvalue weighted by atomic mass is 9.76. The van der Waals surface area contributed by atoms with Crippen LogP contribution in [0.4, 0.5) is 0 Å². The van der Waals surface area contributed by atoms with E-state index in [0.29, 0.717) is 0 Å². The maximum absolute atomic E-state index is 3.77. The van der Waals surface area contributed by atoms with Crippen LogP contribution in [0.5, 0.6) is 0 Å². The zero-order valence-corrected chi connectivity index (χ0v) is 14.6. The van der Waals surface area contributed by atoms with Crippen LogP contribution in [0.3, 0.4) is 0 Å². The Balaban J connectivity index is 1.35. The van der Waals surface area contributed by atoms with Crippen molar-refractivity contribution in [3.05, 3.63) is 34.3 Å². The summed E-state index contributed by atoms with van der Waals surface area (Å²) in [6, 6.07) is 9.53. The largest absolute Gasteiger partial charge is 0.314 e. The number of hydrogen-bond acceptors (Lipinski definition) is 2. The molecule has 2 fully saturated rings. The van der Waals surface area contributed by atoms with Gasteiger partial charge in [-0.2, -0.15) is 0 Å². The van der Waals surface area contributed by atoms with E-state index < -0.39 is 0 Å². The molecule has 116 valence electrons. The van der Waals surface area contributed by atoms with Crippen LogP contribution in [0.15, 0.2) is 28.7 Å². The van der Waals surface area contributed by atoms with Gasteiger partial charge in [-0.1, -0.05) is 35.0 Å². The van der Waals surface area contributed by atoms with Gasteiger partial charge in [0.25, 0.3) is 0 Å². The topological polar surface area (TPSA) is 15.3 Å². The average molecular weight is 351 g/mol. The van der Waals surface area contributed by atoms with Crippen molar-refractivity contribution in [2.75, 3.05) is 26.2 Å². The fourth-order valence-electron chi connectivity index (χ4n) is 3.66. The van der Waals surface area contributed by atoms with Crippen molar-refractivity contribution in [2.24, 2.45) is 5.92 Å². The summed E-state index contributed by atoms with van der Waals surface area (Å²) in [6.45, 7) is 7.47. The molecule has 1 atom stereocenters. The van der Waals surface area contributed by atoms with Gasteiger partial charge in [-0.05, 0) is 74.8 Å². The minimum absolute atomic E-state index is 0.731. The van der Waals surface area contributed by atoms with E-state index in [9.17, 15) is 0 Å². The molecule has 1 heterocycles. The normalized spacial score (nSPS) is 27.5. The first-order valence-corrected chi connectivity index (χ1v) is 9.21. The van der Waals surface area contributed by atoms with Crippen molar-refractivity contribution in [3.8, 4) is 0 Å². The van der Waals surface area contributed by atoms with Crippen LogP contribution in [0.25, 0.3) is 0 Å². The van der Waals surface area contributed by atoms with Crippen molar-refractivity contribution in [3.63, 3.8) is 0 Å². The van der Waals surface area contributed by atoms with Gasteiger partial charge in [0.15, 0.2) is 0 Å². The molecule has 1 aliphatic heterocycles. The highest BCUT2D eigenvalue weighted by molar-refractivity contribution is 9.10. The summed E-state index contributed by atoms with van der Waals surface area (Å²) >= 11 is 3.57. The smallest absolute Gasteiger partial charge is 0.0178 e. The molecule has 0 radical (unpaired) electrons. The fourth-order valence-corrected chi connectivity index (χ4v) is 4.07. The number of benzene rings is 1. The third-order valence-corrected chi connectivity index (χ3v) is 5.47. The summed E-state index contributed by atoms with van der Waals surface area (Å²) in [7, 11) is 0. The fraction of sp³-hybridized carbons (Fsp3) is 0.667. The lowest BCUT2D eigenvalue weighted by Gasteiger charge is -2.37. The van der Waals surface area contributed by atoms with Crippen LogP contribution < -0.4 is 5.32 Å². The Morgan fingerprint density at radius 1 is 1.29 bits per heavy atom. The first-order chi connectivity index (χ1) is 10.2. The van der Waals surface area contributed by atoms with Gasteiger partial charge in [-0.3, -0.25) is 0 Å². The molecule has 1 N–H and O–H groups in total. The van der Waals surface area contributed by atoms with Crippen LogP contribution in [0.2, 0.25) is 0 Å². The summed E-state index contributed by atoms with van der Waals surface area (Å²) in [5, 5.41) is 3.77. The molecule has 2 aliphatic rings. The standard InChI is InChI=1S/C18H27BrN2/c1-14(13-21-7-2-3-8-21)12-20-18-10-16(11-18)15-5-4-6-17(19)9-15/h4-6,9,14,16,18,20H,2-3,7-8,10-13H2,1H3. The third-order valence-electron chi connectivity index (χ3n) is 4.98. The van der Waals surface area contributed by atoms with E-state index in [0.717, 1.165) is 17.9 Å². The molecule has 0 aromatic heterocycles. The second-order valence-electron chi connectivity index (χ2n) is 6.94. The Morgan fingerprint density at radius 2 is 2.05 bits per heavy atom. The van der Waals surface area contributed by atoms with Gasteiger partial charge < -0.3 is 10.2 Å². The summed E-state index contributed by atoms with van der Waals surface area (Å²) in [5.41, 5.74) is 1.49. The Kier molecular flexibility index (Phi) is 5.36. The highest BCUT2D eigenvalue weighted by Crippen LogP contribution is 2.37. The van der Waals surface area contributed by atoms with Gasteiger partial charge in [0.2, 0.25) is 0 Å². The molecular formula is C18H27BrN2. The van der Waals surface area contributed by atoms with Crippen LogP contribution in [0.1, 0.15) is 44.1 Å². The number of nitrogens with one attached hydrogen (secondary N) is 1. The van der Waals surface area contributed by atoms with Crippen molar-refractivity contribution in [1.82, 2.24) is 10.2 Å². The second-order valence-corrected chi connectivity index (χ2v) is 7.86. The highest BCUT2D eigenvalue weighted by Gasteiger charge is 2.30. The molecule has 1 saturated heterocycles. The number of rotatable bonds is 6. The van der Waals surface area contributed by atoms with E-state index >= 15 is 0 Å². The quantitative estimate of drug-likeness (QED) is 0.833. The molecule has 1 aliphatic carbocycles. The lowest BCUT2D eigenvalue weighted by molar-refractivity contribution is 0.245. The Morgan fingerprint density at radius 3 is 2.76 bits per heavy atom. The van der Waals surface area contributed by atoms with Gasteiger partial charge in [0, 0.05) is 17.1 Å². The van der Waals surface area contributed by atoms with Crippen molar-refractivity contribution < 1.29 is 0 Å². The van der Waals surface area contributed by atoms with Crippen LogP contribution in [0, 0.1) is 5.92 Å². The van der Waals surface area contributed by atoms with E-state index in [4.69, 9.17) is 0 Å². The molecule has 3 heteroatoms. The molecule has 0 bridgehead atoms. The molecule has 1 aromatic carbocycles. The molecule has 1 saturated carbocycles. The van der Waals surface area contributed by atoms with Gasteiger partial charge in [0.05, 0.1) is 0 Å². The Labute approximate surface area is 137 Å². The van der Waals surface area contributed by atoms with E-state index in [1.54, 1.807) is 0 Å². The van der Waals surface area contributed by atoms with Crippen molar-refractivity contribution in [2.45, 2.75) is 44.6 Å². The first kappa shape index (κ1) is 15.5. The molecule has 1 unspecified atom stereocenters. The summed E-state index contributed by atoms with van der Waals surface area (Å²) in [5.74, 6) is 1.53. The summed E-state index contributed by atoms with van der Waals surface area (Å²) in [6.07, 6.45) is 5.40. The molecule has 1 aromatic rings. The average Bonchev–Trinajstić information content (AvgIpc) is 2.89. The molecule has 0 amide bonds. The third kappa shape index (κ3) is 4.30. The van der Waals surface area contributed by atoms with Gasteiger partial charge in [0.1, 0.15) is 0 Å². The van der Waals surface area contributed by atoms with Crippen molar-refractivity contribution >= 4 is 15.9 Å². The molecule has 2 nitrogen and oxygen atoms in total. The van der Waals surface area contributed by atoms with Crippen LogP contribution >= 0.6 is 15.9 Å². The minimum atomic E-state index is 0.731. The Bertz CT molecular complexity index is 450. The Hall–Kier alpha value is -0.380. The molecular weight excluding hydrogens is 324 g/mol. The maximum atomic E-state index is 3.77. The zero-order chi connectivity index (χ0) is 14.7. The van der Waals surface area contributed by atoms with Crippen molar-refractivity contribution in [1.29, 1.82) is 0 Å². The van der Waals surface area contributed by atoms with E-state index in [1.807, 2.05) is 0 Å². The van der Waals surface area contributed by atoms with Crippen LogP contribution in [-0.2, 0) is 0 Å². The summed E-state index contributed by atoms with van der Waals surface area (Å²) in [4.78, 5) is 2.62. The van der Waals surface area contributed by atoms with Gasteiger partial charge in [-0.25, -0.2) is 0 Å². The van der Waals surface area contributed by atoms with Crippen LogP contribution in [-0.4, -0.2) is 37.1 Å². The van der Waals surface area contributed by atoms with Gasteiger partial charge >= 0.3 is 0 Å². The predicted molar refractivity (Wildman–Crippen MR) is 92.7 cm³/mol. The van der Waals surface area contributed by atoms with E-state index in [2.05, 4.69) is 57.3 Å². The maximum Gasteiger partial charge on any atom is 0.0178 e. The number of nitrogens with zero attached hydrogens (tertiary/aromatic N) is 1. The lowest BCUT2D eigenvalue weighted by Crippen LogP contribution is -2.43. The van der Waals surface area contributed by atoms with Gasteiger partial charge in [-0.15, -0.1) is 0 Å². The molecule has 0 spiro atoms. The first-order valence-electron chi connectivity index (χ1n) is 8.42. The minimum Gasteiger partial charge on any atom is -0.314 e. The van der Waals surface area contributed by atoms with E-state index in [-0.39, 0.29) is 0 Å². The monoisotopic (exact) mass is 350 g/mol. The number of hydrogen-bond donors (Lipinski definition) is 1. The molecule has 21 heavy (non-hydrogen) atoms. The second kappa shape index (κ2) is 7.26. The van der Waals surface area contributed by atoms with E-state index in [1.165, 1.54) is 61.9 Å². The summed E-state index contributed by atoms with van der Waals surface area (Å²) < 4.78 is 1.20. The number of halogens is 1. The SMILES string of the molecule is CC(CNC1CC(c2cccc(Br)c2)C1)CN1CCCC1.